The Labute approximate surface area is 189 Å². The lowest BCUT2D eigenvalue weighted by Crippen LogP contribution is -2.50. The van der Waals surface area contributed by atoms with Crippen LogP contribution in [-0.4, -0.2) is 30.6 Å². The summed E-state index contributed by atoms with van der Waals surface area (Å²) in [5.74, 6) is 0.298. The topological polar surface area (TPSA) is 32.3 Å². The lowest BCUT2D eigenvalue weighted by Gasteiger charge is -2.40. The summed E-state index contributed by atoms with van der Waals surface area (Å²) < 4.78 is 15.3. The first-order chi connectivity index (χ1) is 15.6. The normalized spacial score (nSPS) is 25.9. The Hall–Kier alpha value is -2.45. The van der Waals surface area contributed by atoms with Crippen LogP contribution in [-0.2, 0) is 4.57 Å². The van der Waals surface area contributed by atoms with E-state index in [0.717, 1.165) is 51.8 Å². The van der Waals surface area contributed by atoms with Crippen LogP contribution in [0, 0.1) is 0 Å². The molecule has 0 amide bonds. The highest BCUT2D eigenvalue weighted by Gasteiger charge is 2.42. The fourth-order valence-corrected chi connectivity index (χ4v) is 9.04. The van der Waals surface area contributed by atoms with Gasteiger partial charge in [0.1, 0.15) is 0 Å². The lowest BCUT2D eigenvalue weighted by molar-refractivity contribution is 0.288. The third-order valence-electron chi connectivity index (χ3n) is 7.45. The van der Waals surface area contributed by atoms with Gasteiger partial charge in [0.05, 0.1) is 0 Å². The van der Waals surface area contributed by atoms with Crippen molar-refractivity contribution in [2.45, 2.75) is 31.7 Å². The van der Waals surface area contributed by atoms with Crippen LogP contribution in [0.15, 0.2) is 78.9 Å². The minimum atomic E-state index is -3.07. The molecule has 0 spiro atoms. The Bertz CT molecular complexity index is 1350. The standard InChI is InChI=1S/C28H29N2OP/c1-20-23-16-15-22-10-3-5-13-25(22)28(23)32(31,29-26(20)19-30-17-6-7-18-30)27-14-8-11-21-9-2-4-12-24(21)27/h2-5,8-16,20,26H,6-7,17-19H2,1H3,(H,29,31)/t20?,26-,32?/m0/s1. The van der Waals surface area contributed by atoms with E-state index in [-0.39, 0.29) is 6.04 Å². The van der Waals surface area contributed by atoms with Crippen molar-refractivity contribution in [1.29, 1.82) is 0 Å². The quantitative estimate of drug-likeness (QED) is 0.434. The SMILES string of the molecule is CC1c2ccc3ccccc3c2P(=O)(c2cccc3ccccc23)N[C@H]1CN1CCCC1. The number of benzene rings is 4. The van der Waals surface area contributed by atoms with E-state index in [1.807, 2.05) is 0 Å². The second-order valence-electron chi connectivity index (χ2n) is 9.36. The number of hydrogen-bond acceptors (Lipinski definition) is 2. The smallest absolute Gasteiger partial charge is 0.206 e. The second-order valence-corrected chi connectivity index (χ2v) is 11.8. The molecule has 0 aliphatic carbocycles. The van der Waals surface area contributed by atoms with Gasteiger partial charge in [-0.1, -0.05) is 79.7 Å². The molecular formula is C28H29N2OP. The van der Waals surface area contributed by atoms with Gasteiger partial charge in [0.25, 0.3) is 0 Å². The Morgan fingerprint density at radius 3 is 2.28 bits per heavy atom. The summed E-state index contributed by atoms with van der Waals surface area (Å²) in [6.07, 6.45) is 2.53. The average molecular weight is 441 g/mol. The summed E-state index contributed by atoms with van der Waals surface area (Å²) in [7, 11) is -3.07. The lowest BCUT2D eigenvalue weighted by atomic mass is 9.91. The highest BCUT2D eigenvalue weighted by molar-refractivity contribution is 7.78. The molecule has 162 valence electrons. The monoisotopic (exact) mass is 440 g/mol. The van der Waals surface area contributed by atoms with Crippen molar-refractivity contribution in [3.63, 3.8) is 0 Å². The summed E-state index contributed by atoms with van der Waals surface area (Å²) in [5.41, 5.74) is 1.24. The van der Waals surface area contributed by atoms with Gasteiger partial charge in [-0.15, -0.1) is 0 Å². The molecule has 2 aliphatic rings. The minimum Gasteiger partial charge on any atom is -0.302 e. The molecule has 3 nitrogen and oxygen atoms in total. The van der Waals surface area contributed by atoms with Gasteiger partial charge in [-0.05, 0) is 65.0 Å². The number of fused-ring (bicyclic) bond motifs is 4. The first kappa shape index (κ1) is 20.2. The van der Waals surface area contributed by atoms with Crippen molar-refractivity contribution in [2.24, 2.45) is 0 Å². The van der Waals surface area contributed by atoms with Gasteiger partial charge in [0.15, 0.2) is 0 Å². The Morgan fingerprint density at radius 1 is 0.844 bits per heavy atom. The van der Waals surface area contributed by atoms with Crippen molar-refractivity contribution in [1.82, 2.24) is 9.99 Å². The van der Waals surface area contributed by atoms with Gasteiger partial charge in [0, 0.05) is 23.2 Å². The predicted molar refractivity (Wildman–Crippen MR) is 136 cm³/mol. The number of hydrogen-bond donors (Lipinski definition) is 1. The molecule has 0 radical (unpaired) electrons. The molecule has 1 fully saturated rings. The summed E-state index contributed by atoms with van der Waals surface area (Å²) in [6.45, 7) is 5.54. The molecule has 1 saturated heterocycles. The van der Waals surface area contributed by atoms with Gasteiger partial charge in [-0.3, -0.25) is 9.65 Å². The fraction of sp³-hybridized carbons (Fsp3) is 0.286. The minimum absolute atomic E-state index is 0.159. The summed E-state index contributed by atoms with van der Waals surface area (Å²) >= 11 is 0. The molecule has 4 aromatic rings. The maximum Gasteiger partial charge on any atom is 0.206 e. The maximum absolute atomic E-state index is 15.3. The first-order valence-electron chi connectivity index (χ1n) is 11.8. The van der Waals surface area contributed by atoms with Crippen LogP contribution in [0.4, 0.5) is 0 Å². The summed E-state index contributed by atoms with van der Waals surface area (Å²) in [5, 5.41) is 10.2. The van der Waals surface area contributed by atoms with Crippen molar-refractivity contribution < 1.29 is 4.57 Å². The zero-order chi connectivity index (χ0) is 21.7. The van der Waals surface area contributed by atoms with E-state index in [1.165, 1.54) is 18.4 Å². The van der Waals surface area contributed by atoms with Crippen LogP contribution < -0.4 is 15.7 Å². The maximum atomic E-state index is 15.3. The second kappa shape index (κ2) is 7.85. The Kier molecular flexibility index (Phi) is 4.95. The fourth-order valence-electron chi connectivity index (χ4n) is 5.73. The number of nitrogens with zero attached hydrogens (tertiary/aromatic N) is 1. The van der Waals surface area contributed by atoms with E-state index in [2.05, 4.69) is 95.8 Å². The van der Waals surface area contributed by atoms with E-state index in [1.54, 1.807) is 0 Å². The molecule has 4 aromatic carbocycles. The van der Waals surface area contributed by atoms with Crippen LogP contribution in [0.2, 0.25) is 0 Å². The van der Waals surface area contributed by atoms with Crippen LogP contribution in [0.5, 0.6) is 0 Å². The van der Waals surface area contributed by atoms with E-state index in [9.17, 15) is 0 Å². The van der Waals surface area contributed by atoms with Crippen molar-refractivity contribution in [3.8, 4) is 0 Å². The highest BCUT2D eigenvalue weighted by Crippen LogP contribution is 2.50. The predicted octanol–water partition coefficient (Wildman–Crippen LogP) is 5.39. The van der Waals surface area contributed by atoms with Crippen molar-refractivity contribution in [2.75, 3.05) is 19.6 Å². The van der Waals surface area contributed by atoms with Gasteiger partial charge in [-0.2, -0.15) is 0 Å². The number of likely N-dealkylation sites (tertiary alicyclic amines) is 1. The number of nitrogens with one attached hydrogen (secondary N) is 1. The molecule has 0 saturated carbocycles. The van der Waals surface area contributed by atoms with E-state index in [4.69, 9.17) is 0 Å². The zero-order valence-electron chi connectivity index (χ0n) is 18.5. The Balaban J connectivity index is 1.61. The van der Waals surface area contributed by atoms with Crippen molar-refractivity contribution in [3.05, 3.63) is 84.4 Å². The van der Waals surface area contributed by atoms with E-state index in [0.29, 0.717) is 5.92 Å². The molecule has 1 N–H and O–H groups in total. The molecule has 0 aromatic heterocycles. The number of rotatable bonds is 3. The van der Waals surface area contributed by atoms with E-state index < -0.39 is 7.29 Å². The molecule has 6 rings (SSSR count). The third-order valence-corrected chi connectivity index (χ3v) is 10.3. The van der Waals surface area contributed by atoms with Crippen LogP contribution >= 0.6 is 7.29 Å². The molecule has 32 heavy (non-hydrogen) atoms. The third kappa shape index (κ3) is 3.15. The van der Waals surface area contributed by atoms with Crippen LogP contribution in [0.25, 0.3) is 21.5 Å². The molecule has 2 aliphatic heterocycles. The summed E-state index contributed by atoms with van der Waals surface area (Å²) in [6, 6.07) is 27.6. The van der Waals surface area contributed by atoms with Gasteiger partial charge < -0.3 is 4.90 Å². The zero-order valence-corrected chi connectivity index (χ0v) is 19.4. The molecule has 0 bridgehead atoms. The van der Waals surface area contributed by atoms with Gasteiger partial charge >= 0.3 is 0 Å². The largest absolute Gasteiger partial charge is 0.302 e. The van der Waals surface area contributed by atoms with Crippen molar-refractivity contribution >= 4 is 39.4 Å². The molecule has 2 unspecified atom stereocenters. The summed E-state index contributed by atoms with van der Waals surface area (Å²) in [4.78, 5) is 2.54. The molecule has 2 heterocycles. The highest BCUT2D eigenvalue weighted by atomic mass is 31.2. The first-order valence-corrected chi connectivity index (χ1v) is 13.5. The van der Waals surface area contributed by atoms with Crippen LogP contribution in [0.3, 0.4) is 0 Å². The van der Waals surface area contributed by atoms with E-state index >= 15 is 4.57 Å². The van der Waals surface area contributed by atoms with Crippen LogP contribution in [0.1, 0.15) is 31.2 Å². The van der Waals surface area contributed by atoms with Gasteiger partial charge in [0.2, 0.25) is 7.29 Å². The molecule has 3 atom stereocenters. The van der Waals surface area contributed by atoms with Gasteiger partial charge in [-0.25, -0.2) is 0 Å². The molecular weight excluding hydrogens is 411 g/mol. The average Bonchev–Trinajstić information content (AvgIpc) is 3.34. The Morgan fingerprint density at radius 2 is 1.50 bits per heavy atom. The molecule has 4 heteroatoms.